The number of benzene rings is 1. The molecule has 1 rings (SSSR count). The first kappa shape index (κ1) is 19.0. The topological polar surface area (TPSA) is 70.7 Å². The molecule has 0 heterocycles. The number of rotatable bonds is 9. The first-order valence-electron chi connectivity index (χ1n) is 8.15. The standard InChI is InChI=1S/C17H27N3O3/c1-4-13-23-17(22)19-15-9-7-14(8-10-15)16(21)18-11-12-20(5-2)6-3/h7-10H,4-6,11-13H2,1-3H3,(H,18,21)(H,19,22). The third kappa shape index (κ3) is 7.15. The van der Waals surface area contributed by atoms with Crippen LogP contribution in [-0.2, 0) is 4.74 Å². The highest BCUT2D eigenvalue weighted by molar-refractivity contribution is 5.95. The van der Waals surface area contributed by atoms with E-state index in [0.29, 0.717) is 24.4 Å². The maximum Gasteiger partial charge on any atom is 0.411 e. The van der Waals surface area contributed by atoms with Gasteiger partial charge in [0.15, 0.2) is 0 Å². The van der Waals surface area contributed by atoms with Gasteiger partial charge in [-0.2, -0.15) is 0 Å². The van der Waals surface area contributed by atoms with E-state index in [4.69, 9.17) is 4.74 Å². The number of anilines is 1. The van der Waals surface area contributed by atoms with E-state index in [0.717, 1.165) is 26.1 Å². The van der Waals surface area contributed by atoms with Crippen LogP contribution < -0.4 is 10.6 Å². The summed E-state index contributed by atoms with van der Waals surface area (Å²) >= 11 is 0. The maximum atomic E-state index is 12.0. The lowest BCUT2D eigenvalue weighted by atomic mass is 10.2. The van der Waals surface area contributed by atoms with Crippen LogP contribution in [0.2, 0.25) is 0 Å². The minimum absolute atomic E-state index is 0.114. The maximum absolute atomic E-state index is 12.0. The van der Waals surface area contributed by atoms with Crippen LogP contribution in [0.1, 0.15) is 37.6 Å². The molecular formula is C17H27N3O3. The highest BCUT2D eigenvalue weighted by Gasteiger charge is 2.07. The van der Waals surface area contributed by atoms with Gasteiger partial charge >= 0.3 is 6.09 Å². The molecule has 0 aliphatic heterocycles. The summed E-state index contributed by atoms with van der Waals surface area (Å²) in [5.41, 5.74) is 1.17. The number of carbonyl (C=O) groups is 2. The van der Waals surface area contributed by atoms with Gasteiger partial charge in [-0.25, -0.2) is 4.79 Å². The molecule has 2 N–H and O–H groups in total. The first-order chi connectivity index (χ1) is 11.1. The van der Waals surface area contributed by atoms with Crippen molar-refractivity contribution in [1.82, 2.24) is 10.2 Å². The Bertz CT molecular complexity index is 484. The van der Waals surface area contributed by atoms with Gasteiger partial charge in [0, 0.05) is 24.3 Å². The summed E-state index contributed by atoms with van der Waals surface area (Å²) in [6.45, 7) is 9.91. The van der Waals surface area contributed by atoms with Gasteiger partial charge in [0.05, 0.1) is 6.61 Å². The minimum Gasteiger partial charge on any atom is -0.449 e. The number of ether oxygens (including phenoxy) is 1. The highest BCUT2D eigenvalue weighted by Crippen LogP contribution is 2.10. The van der Waals surface area contributed by atoms with Gasteiger partial charge in [-0.05, 0) is 43.8 Å². The van der Waals surface area contributed by atoms with Gasteiger partial charge in [-0.15, -0.1) is 0 Å². The molecule has 0 bridgehead atoms. The highest BCUT2D eigenvalue weighted by atomic mass is 16.5. The van der Waals surface area contributed by atoms with Crippen LogP contribution in [0.15, 0.2) is 24.3 Å². The summed E-state index contributed by atoms with van der Waals surface area (Å²) in [6.07, 6.45) is 0.295. The van der Waals surface area contributed by atoms with E-state index >= 15 is 0 Å². The van der Waals surface area contributed by atoms with Crippen LogP contribution in [-0.4, -0.2) is 49.7 Å². The van der Waals surface area contributed by atoms with Crippen molar-refractivity contribution in [2.75, 3.05) is 38.1 Å². The average molecular weight is 321 g/mol. The molecule has 0 aliphatic carbocycles. The number of amides is 2. The van der Waals surface area contributed by atoms with Crippen molar-refractivity contribution in [3.05, 3.63) is 29.8 Å². The average Bonchev–Trinajstić information content (AvgIpc) is 2.57. The number of nitrogens with one attached hydrogen (secondary N) is 2. The van der Waals surface area contributed by atoms with E-state index in [2.05, 4.69) is 29.4 Å². The summed E-state index contributed by atoms with van der Waals surface area (Å²) in [4.78, 5) is 25.7. The van der Waals surface area contributed by atoms with Crippen molar-refractivity contribution in [3.8, 4) is 0 Å². The minimum atomic E-state index is -0.483. The number of hydrogen-bond donors (Lipinski definition) is 2. The molecule has 0 unspecified atom stereocenters. The second-order valence-corrected chi connectivity index (χ2v) is 5.12. The fourth-order valence-corrected chi connectivity index (χ4v) is 2.02. The van der Waals surface area contributed by atoms with Gasteiger partial charge < -0.3 is 15.0 Å². The van der Waals surface area contributed by atoms with Crippen LogP contribution in [0.3, 0.4) is 0 Å². The third-order valence-electron chi connectivity index (χ3n) is 3.44. The zero-order chi connectivity index (χ0) is 17.1. The Balaban J connectivity index is 2.43. The van der Waals surface area contributed by atoms with Crippen molar-refractivity contribution in [1.29, 1.82) is 0 Å². The van der Waals surface area contributed by atoms with Crippen LogP contribution in [0.4, 0.5) is 10.5 Å². The van der Waals surface area contributed by atoms with E-state index in [1.807, 2.05) is 6.92 Å². The third-order valence-corrected chi connectivity index (χ3v) is 3.44. The Labute approximate surface area is 138 Å². The molecule has 0 spiro atoms. The lowest BCUT2D eigenvalue weighted by molar-refractivity contribution is 0.0949. The van der Waals surface area contributed by atoms with Crippen LogP contribution in [0.5, 0.6) is 0 Å². The number of carbonyl (C=O) groups excluding carboxylic acids is 2. The molecule has 0 saturated heterocycles. The molecule has 0 radical (unpaired) electrons. The Morgan fingerprint density at radius 3 is 2.30 bits per heavy atom. The Hall–Kier alpha value is -2.08. The van der Waals surface area contributed by atoms with Crippen LogP contribution in [0, 0.1) is 0 Å². The Morgan fingerprint density at radius 2 is 1.74 bits per heavy atom. The van der Waals surface area contributed by atoms with Crippen molar-refractivity contribution in [2.45, 2.75) is 27.2 Å². The molecule has 0 atom stereocenters. The zero-order valence-corrected chi connectivity index (χ0v) is 14.2. The summed E-state index contributed by atoms with van der Waals surface area (Å²) in [5, 5.41) is 5.51. The quantitative estimate of drug-likeness (QED) is 0.733. The van der Waals surface area contributed by atoms with Crippen molar-refractivity contribution < 1.29 is 14.3 Å². The SMILES string of the molecule is CCCOC(=O)Nc1ccc(C(=O)NCCN(CC)CC)cc1. The molecule has 6 nitrogen and oxygen atoms in total. The van der Waals surface area contributed by atoms with Crippen molar-refractivity contribution in [2.24, 2.45) is 0 Å². The molecule has 128 valence electrons. The van der Waals surface area contributed by atoms with E-state index in [1.54, 1.807) is 24.3 Å². The fourth-order valence-electron chi connectivity index (χ4n) is 2.02. The predicted molar refractivity (Wildman–Crippen MR) is 91.8 cm³/mol. The lowest BCUT2D eigenvalue weighted by Crippen LogP contribution is -2.34. The van der Waals surface area contributed by atoms with Crippen molar-refractivity contribution >= 4 is 17.7 Å². The van der Waals surface area contributed by atoms with Gasteiger partial charge in [0.25, 0.3) is 5.91 Å². The molecular weight excluding hydrogens is 294 g/mol. The fraction of sp³-hybridized carbons (Fsp3) is 0.529. The summed E-state index contributed by atoms with van der Waals surface area (Å²) in [7, 11) is 0. The van der Waals surface area contributed by atoms with Gasteiger partial charge in [-0.1, -0.05) is 20.8 Å². The van der Waals surface area contributed by atoms with Crippen molar-refractivity contribution in [3.63, 3.8) is 0 Å². The largest absolute Gasteiger partial charge is 0.449 e. The predicted octanol–water partition coefficient (Wildman–Crippen LogP) is 2.72. The molecule has 1 aromatic rings. The normalized spacial score (nSPS) is 10.4. The number of likely N-dealkylation sites (N-methyl/N-ethyl adjacent to an activating group) is 1. The molecule has 0 fully saturated rings. The summed E-state index contributed by atoms with van der Waals surface area (Å²) in [5.74, 6) is -0.114. The molecule has 6 heteroatoms. The summed E-state index contributed by atoms with van der Waals surface area (Å²) in [6, 6.07) is 6.74. The molecule has 0 aromatic heterocycles. The smallest absolute Gasteiger partial charge is 0.411 e. The van der Waals surface area contributed by atoms with Gasteiger partial charge in [0.1, 0.15) is 0 Å². The van der Waals surface area contributed by atoms with Gasteiger partial charge in [0.2, 0.25) is 0 Å². The molecule has 2 amide bonds. The number of nitrogens with zero attached hydrogens (tertiary/aromatic N) is 1. The molecule has 23 heavy (non-hydrogen) atoms. The number of hydrogen-bond acceptors (Lipinski definition) is 4. The lowest BCUT2D eigenvalue weighted by Gasteiger charge is -2.17. The van der Waals surface area contributed by atoms with E-state index in [9.17, 15) is 9.59 Å². The second kappa shape index (κ2) is 10.6. The molecule has 1 aromatic carbocycles. The van der Waals surface area contributed by atoms with E-state index in [1.165, 1.54) is 0 Å². The van der Waals surface area contributed by atoms with E-state index < -0.39 is 6.09 Å². The second-order valence-electron chi connectivity index (χ2n) is 5.12. The van der Waals surface area contributed by atoms with Crippen LogP contribution in [0.25, 0.3) is 0 Å². The van der Waals surface area contributed by atoms with Crippen LogP contribution >= 0.6 is 0 Å². The van der Waals surface area contributed by atoms with E-state index in [-0.39, 0.29) is 5.91 Å². The molecule has 0 aliphatic rings. The first-order valence-corrected chi connectivity index (χ1v) is 8.15. The summed E-state index contributed by atoms with van der Waals surface area (Å²) < 4.78 is 4.94. The Kier molecular flexibility index (Phi) is 8.75. The molecule has 0 saturated carbocycles. The zero-order valence-electron chi connectivity index (χ0n) is 14.2. The Morgan fingerprint density at radius 1 is 1.09 bits per heavy atom. The monoisotopic (exact) mass is 321 g/mol. The van der Waals surface area contributed by atoms with Gasteiger partial charge in [-0.3, -0.25) is 10.1 Å².